The molecule has 0 aliphatic heterocycles. The van der Waals surface area contributed by atoms with Crippen LogP contribution in [0.1, 0.15) is 35.7 Å². The first-order valence-electron chi connectivity index (χ1n) is 7.96. The molecular formula is C18H18N4OS. The molecule has 5 nitrogen and oxygen atoms in total. The van der Waals surface area contributed by atoms with Gasteiger partial charge in [0.25, 0.3) is 0 Å². The molecule has 4 rings (SSSR count). The van der Waals surface area contributed by atoms with Crippen LogP contribution in [0.2, 0.25) is 0 Å². The van der Waals surface area contributed by atoms with Crippen LogP contribution in [-0.2, 0) is 0 Å². The molecule has 2 heterocycles. The minimum absolute atomic E-state index is 0.206. The summed E-state index contributed by atoms with van der Waals surface area (Å²) in [4.78, 5) is 4.41. The summed E-state index contributed by atoms with van der Waals surface area (Å²) in [6.45, 7) is 0. The monoisotopic (exact) mass is 338 g/mol. The van der Waals surface area contributed by atoms with Crippen LogP contribution in [0, 0.1) is 0 Å². The Kier molecular flexibility index (Phi) is 3.98. The Bertz CT molecular complexity index is 845. The maximum Gasteiger partial charge on any atom is 0.168 e. The molecule has 3 aromatic rings. The lowest BCUT2D eigenvalue weighted by molar-refractivity contribution is 0.416. The molecule has 1 fully saturated rings. The van der Waals surface area contributed by atoms with Gasteiger partial charge in [0.1, 0.15) is 11.0 Å². The van der Waals surface area contributed by atoms with Crippen LogP contribution < -0.4 is 4.74 Å². The summed E-state index contributed by atoms with van der Waals surface area (Å²) < 4.78 is 7.70. The lowest BCUT2D eigenvalue weighted by Crippen LogP contribution is -2.08. The summed E-state index contributed by atoms with van der Waals surface area (Å²) >= 11 is 4.76. The zero-order valence-electron chi connectivity index (χ0n) is 13.3. The first-order chi connectivity index (χ1) is 11.8. The van der Waals surface area contributed by atoms with Gasteiger partial charge in [0.2, 0.25) is 0 Å². The number of hydrogen-bond donors (Lipinski definition) is 1. The van der Waals surface area contributed by atoms with E-state index in [0.29, 0.717) is 6.04 Å². The van der Waals surface area contributed by atoms with Gasteiger partial charge in [-0.3, -0.25) is 4.98 Å². The number of pyridine rings is 1. The fourth-order valence-electron chi connectivity index (χ4n) is 2.87. The minimum Gasteiger partial charge on any atom is -0.496 e. The summed E-state index contributed by atoms with van der Waals surface area (Å²) in [7, 11) is 1.67. The summed E-state index contributed by atoms with van der Waals surface area (Å²) in [5.74, 6) is 2.47. The maximum absolute atomic E-state index is 5.50. The van der Waals surface area contributed by atoms with Gasteiger partial charge in [-0.15, -0.1) is 10.2 Å². The summed E-state index contributed by atoms with van der Waals surface area (Å²) in [6, 6.07) is 14.1. The van der Waals surface area contributed by atoms with E-state index in [0.717, 1.165) is 41.5 Å². The van der Waals surface area contributed by atoms with E-state index in [-0.39, 0.29) is 5.25 Å². The molecule has 122 valence electrons. The molecule has 0 N–H and O–H groups in total. The Morgan fingerprint density at radius 1 is 1.12 bits per heavy atom. The lowest BCUT2D eigenvalue weighted by atomic mass is 10.2. The molecule has 6 heteroatoms. The van der Waals surface area contributed by atoms with Crippen molar-refractivity contribution in [2.75, 3.05) is 7.11 Å². The first kappa shape index (κ1) is 15.2. The number of nitrogens with zero attached hydrogens (tertiary/aromatic N) is 4. The highest BCUT2D eigenvalue weighted by atomic mass is 32.1. The average Bonchev–Trinajstić information content (AvgIpc) is 3.40. The highest BCUT2D eigenvalue weighted by Crippen LogP contribution is 2.43. The van der Waals surface area contributed by atoms with Gasteiger partial charge in [0, 0.05) is 12.2 Å². The Balaban J connectivity index is 1.82. The van der Waals surface area contributed by atoms with Crippen molar-refractivity contribution in [1.29, 1.82) is 0 Å². The minimum atomic E-state index is -0.206. The molecule has 1 aliphatic carbocycles. The number of ether oxygens (including phenoxy) is 1. The van der Waals surface area contributed by atoms with Crippen molar-refractivity contribution in [2.24, 2.45) is 0 Å². The smallest absolute Gasteiger partial charge is 0.168 e. The predicted octanol–water partition coefficient (Wildman–Crippen LogP) is 3.70. The van der Waals surface area contributed by atoms with E-state index in [4.69, 9.17) is 17.4 Å². The third-order valence-electron chi connectivity index (χ3n) is 4.19. The van der Waals surface area contributed by atoms with Gasteiger partial charge in [-0.1, -0.05) is 18.2 Å². The van der Waals surface area contributed by atoms with E-state index in [1.165, 1.54) is 0 Å². The van der Waals surface area contributed by atoms with Crippen LogP contribution in [0.15, 0.2) is 48.7 Å². The molecule has 1 saturated carbocycles. The van der Waals surface area contributed by atoms with Crippen molar-refractivity contribution >= 4 is 12.6 Å². The number of benzene rings is 1. The number of hydrogen-bond acceptors (Lipinski definition) is 5. The second kappa shape index (κ2) is 6.28. The molecule has 0 saturated heterocycles. The van der Waals surface area contributed by atoms with E-state index < -0.39 is 0 Å². The molecule has 0 radical (unpaired) electrons. The van der Waals surface area contributed by atoms with Crippen LogP contribution in [0.5, 0.6) is 5.75 Å². The normalized spacial score (nSPS) is 15.2. The number of thiol groups is 1. The number of para-hydroxylation sites is 1. The molecule has 1 aliphatic rings. The zero-order valence-corrected chi connectivity index (χ0v) is 14.2. The van der Waals surface area contributed by atoms with E-state index in [1.807, 2.05) is 42.5 Å². The van der Waals surface area contributed by atoms with E-state index in [1.54, 1.807) is 13.3 Å². The number of methoxy groups -OCH3 is 1. The quantitative estimate of drug-likeness (QED) is 0.721. The number of aromatic nitrogens is 4. The fraction of sp³-hybridized carbons (Fsp3) is 0.278. The van der Waals surface area contributed by atoms with E-state index in [2.05, 4.69) is 19.7 Å². The summed E-state index contributed by atoms with van der Waals surface area (Å²) in [5, 5.41) is 8.70. The van der Waals surface area contributed by atoms with Crippen LogP contribution >= 0.6 is 12.6 Å². The Hall–Kier alpha value is -2.34. The maximum atomic E-state index is 5.50. The molecule has 1 unspecified atom stereocenters. The van der Waals surface area contributed by atoms with Gasteiger partial charge < -0.3 is 9.30 Å². The second-order valence-electron chi connectivity index (χ2n) is 5.84. The lowest BCUT2D eigenvalue weighted by Gasteiger charge is -2.14. The largest absolute Gasteiger partial charge is 0.496 e. The average molecular weight is 338 g/mol. The van der Waals surface area contributed by atoms with Crippen LogP contribution in [0.3, 0.4) is 0 Å². The topological polar surface area (TPSA) is 52.8 Å². The van der Waals surface area contributed by atoms with Crippen molar-refractivity contribution in [3.8, 4) is 17.1 Å². The van der Waals surface area contributed by atoms with Crippen molar-refractivity contribution in [2.45, 2.75) is 24.1 Å². The SMILES string of the molecule is COc1ccccc1-c1nnc(C(S)c2ccccn2)n1C1CC1. The third kappa shape index (κ3) is 2.67. The highest BCUT2D eigenvalue weighted by molar-refractivity contribution is 7.80. The Morgan fingerprint density at radius 3 is 2.62 bits per heavy atom. The molecule has 24 heavy (non-hydrogen) atoms. The van der Waals surface area contributed by atoms with Crippen molar-refractivity contribution in [1.82, 2.24) is 19.7 Å². The van der Waals surface area contributed by atoms with Crippen LogP contribution in [-0.4, -0.2) is 26.9 Å². The van der Waals surface area contributed by atoms with Crippen molar-refractivity contribution in [3.63, 3.8) is 0 Å². The van der Waals surface area contributed by atoms with Crippen molar-refractivity contribution < 1.29 is 4.74 Å². The molecule has 1 atom stereocenters. The molecule has 1 aromatic carbocycles. The zero-order chi connectivity index (χ0) is 16.5. The third-order valence-corrected chi connectivity index (χ3v) is 4.69. The molecule has 0 spiro atoms. The summed E-state index contributed by atoms with van der Waals surface area (Å²) in [6.07, 6.45) is 4.04. The molecule has 0 amide bonds. The van der Waals surface area contributed by atoms with Gasteiger partial charge in [-0.05, 0) is 37.1 Å². The Labute approximate surface area is 146 Å². The molecular weight excluding hydrogens is 320 g/mol. The van der Waals surface area contributed by atoms with Crippen molar-refractivity contribution in [3.05, 3.63) is 60.2 Å². The standard InChI is InChI=1S/C18H18N4OS/c1-23-15-8-3-2-6-13(15)17-20-21-18(22(17)12-9-10-12)16(24)14-7-4-5-11-19-14/h2-8,11-12,16,24H,9-10H2,1H3. The number of rotatable bonds is 5. The van der Waals surface area contributed by atoms with Gasteiger partial charge in [0.05, 0.1) is 18.4 Å². The predicted molar refractivity (Wildman–Crippen MR) is 95.3 cm³/mol. The fourth-order valence-corrected chi connectivity index (χ4v) is 3.19. The van der Waals surface area contributed by atoms with E-state index in [9.17, 15) is 0 Å². The van der Waals surface area contributed by atoms with Gasteiger partial charge in [0.15, 0.2) is 11.6 Å². The van der Waals surface area contributed by atoms with Gasteiger partial charge in [-0.25, -0.2) is 0 Å². The van der Waals surface area contributed by atoms with Crippen LogP contribution in [0.4, 0.5) is 0 Å². The van der Waals surface area contributed by atoms with Crippen LogP contribution in [0.25, 0.3) is 11.4 Å². The van der Waals surface area contributed by atoms with Gasteiger partial charge >= 0.3 is 0 Å². The molecule has 0 bridgehead atoms. The van der Waals surface area contributed by atoms with E-state index >= 15 is 0 Å². The second-order valence-corrected chi connectivity index (χ2v) is 6.36. The summed E-state index contributed by atoms with van der Waals surface area (Å²) in [5.41, 5.74) is 1.83. The first-order valence-corrected chi connectivity index (χ1v) is 8.48. The van der Waals surface area contributed by atoms with Gasteiger partial charge in [-0.2, -0.15) is 12.6 Å². The highest BCUT2D eigenvalue weighted by Gasteiger charge is 2.33. The molecule has 2 aromatic heterocycles. The Morgan fingerprint density at radius 2 is 1.92 bits per heavy atom.